The second-order valence-electron chi connectivity index (χ2n) is 4.25. The summed E-state index contributed by atoms with van der Waals surface area (Å²) in [6.45, 7) is 1.76. The van der Waals surface area contributed by atoms with Gasteiger partial charge in [-0.05, 0) is 24.1 Å². The van der Waals surface area contributed by atoms with Crippen LogP contribution in [0.4, 0.5) is 0 Å². The maximum absolute atomic E-state index is 12.1. The SMILES string of the molecule is O=c1c2ccccc2ccn1OC1CCNC1. The first-order chi connectivity index (χ1) is 8.34. The predicted octanol–water partition coefficient (Wildman–Crippen LogP) is 0.792. The van der Waals surface area contributed by atoms with Crippen molar-refractivity contribution in [1.29, 1.82) is 0 Å². The third kappa shape index (κ3) is 1.91. The van der Waals surface area contributed by atoms with Gasteiger partial charge in [0.25, 0.3) is 5.56 Å². The van der Waals surface area contributed by atoms with Gasteiger partial charge in [0.2, 0.25) is 0 Å². The molecule has 3 rings (SSSR count). The fourth-order valence-electron chi connectivity index (χ4n) is 2.13. The van der Waals surface area contributed by atoms with Crippen LogP contribution in [0, 0.1) is 0 Å². The van der Waals surface area contributed by atoms with Gasteiger partial charge in [0.15, 0.2) is 0 Å². The minimum Gasteiger partial charge on any atom is -0.406 e. The lowest BCUT2D eigenvalue weighted by molar-refractivity contribution is 0.0435. The van der Waals surface area contributed by atoms with Gasteiger partial charge in [0.05, 0.1) is 5.39 Å². The van der Waals surface area contributed by atoms with Gasteiger partial charge in [-0.1, -0.05) is 18.2 Å². The molecule has 0 spiro atoms. The van der Waals surface area contributed by atoms with Gasteiger partial charge in [-0.3, -0.25) is 4.79 Å². The van der Waals surface area contributed by atoms with Gasteiger partial charge in [-0.15, -0.1) is 0 Å². The molecular weight excluding hydrogens is 216 g/mol. The van der Waals surface area contributed by atoms with Crippen molar-refractivity contribution in [3.63, 3.8) is 0 Å². The molecule has 1 unspecified atom stereocenters. The number of hydrogen-bond donors (Lipinski definition) is 1. The average molecular weight is 230 g/mol. The lowest BCUT2D eigenvalue weighted by atomic mass is 10.2. The fraction of sp³-hybridized carbons (Fsp3) is 0.308. The van der Waals surface area contributed by atoms with Crippen molar-refractivity contribution in [3.05, 3.63) is 46.9 Å². The van der Waals surface area contributed by atoms with E-state index in [1.807, 2.05) is 30.3 Å². The second-order valence-corrected chi connectivity index (χ2v) is 4.25. The summed E-state index contributed by atoms with van der Waals surface area (Å²) < 4.78 is 1.35. The van der Waals surface area contributed by atoms with Crippen LogP contribution in [0.2, 0.25) is 0 Å². The Morgan fingerprint density at radius 2 is 2.18 bits per heavy atom. The van der Waals surface area contributed by atoms with Crippen LogP contribution in [0.5, 0.6) is 0 Å². The Morgan fingerprint density at radius 1 is 1.29 bits per heavy atom. The van der Waals surface area contributed by atoms with Gasteiger partial charge >= 0.3 is 0 Å². The van der Waals surface area contributed by atoms with Gasteiger partial charge in [0.1, 0.15) is 6.10 Å². The standard InChI is InChI=1S/C13H14N2O2/c16-13-12-4-2-1-3-10(12)6-8-15(13)17-11-5-7-14-9-11/h1-4,6,8,11,14H,5,7,9H2. The lowest BCUT2D eigenvalue weighted by Gasteiger charge is -2.13. The molecule has 2 aromatic rings. The van der Waals surface area contributed by atoms with Crippen LogP contribution in [0.1, 0.15) is 6.42 Å². The van der Waals surface area contributed by atoms with Crippen LogP contribution in [0.15, 0.2) is 41.3 Å². The topological polar surface area (TPSA) is 43.3 Å². The Balaban J connectivity index is 1.99. The van der Waals surface area contributed by atoms with Crippen LogP contribution >= 0.6 is 0 Å². The van der Waals surface area contributed by atoms with Crippen molar-refractivity contribution in [2.45, 2.75) is 12.5 Å². The zero-order chi connectivity index (χ0) is 11.7. The van der Waals surface area contributed by atoms with Crippen molar-refractivity contribution in [1.82, 2.24) is 10.0 Å². The van der Waals surface area contributed by atoms with Crippen LogP contribution in [0.3, 0.4) is 0 Å². The Bertz CT molecular complexity index is 585. The summed E-state index contributed by atoms with van der Waals surface area (Å²) in [4.78, 5) is 17.8. The van der Waals surface area contributed by atoms with E-state index in [1.54, 1.807) is 6.20 Å². The van der Waals surface area contributed by atoms with Gasteiger partial charge in [-0.2, -0.15) is 4.73 Å². The number of rotatable bonds is 2. The number of nitrogens with zero attached hydrogens (tertiary/aromatic N) is 1. The fourth-order valence-corrected chi connectivity index (χ4v) is 2.13. The van der Waals surface area contributed by atoms with Crippen molar-refractivity contribution in [2.24, 2.45) is 0 Å². The van der Waals surface area contributed by atoms with Crippen molar-refractivity contribution >= 4 is 10.8 Å². The molecule has 2 heterocycles. The van der Waals surface area contributed by atoms with Crippen LogP contribution in [0.25, 0.3) is 10.8 Å². The Kier molecular flexibility index (Phi) is 2.57. The van der Waals surface area contributed by atoms with E-state index in [4.69, 9.17) is 4.84 Å². The molecule has 0 saturated carbocycles. The highest BCUT2D eigenvalue weighted by Gasteiger charge is 2.17. The molecule has 1 fully saturated rings. The summed E-state index contributed by atoms with van der Waals surface area (Å²) in [6.07, 6.45) is 2.73. The minimum atomic E-state index is -0.0880. The van der Waals surface area contributed by atoms with E-state index in [0.29, 0.717) is 5.39 Å². The Labute approximate surface area is 98.8 Å². The smallest absolute Gasteiger partial charge is 0.290 e. The second kappa shape index (κ2) is 4.22. The third-order valence-corrected chi connectivity index (χ3v) is 3.06. The number of benzene rings is 1. The summed E-state index contributed by atoms with van der Waals surface area (Å²) in [7, 11) is 0. The monoisotopic (exact) mass is 230 g/mol. The molecular formula is C13H14N2O2. The van der Waals surface area contributed by atoms with E-state index in [-0.39, 0.29) is 11.7 Å². The van der Waals surface area contributed by atoms with Crippen molar-refractivity contribution in [2.75, 3.05) is 13.1 Å². The Hall–Kier alpha value is -1.81. The van der Waals surface area contributed by atoms with Gasteiger partial charge in [0, 0.05) is 19.2 Å². The molecule has 1 N–H and O–H groups in total. The molecule has 4 nitrogen and oxygen atoms in total. The molecule has 1 aliphatic heterocycles. The first kappa shape index (κ1) is 10.4. The molecule has 1 saturated heterocycles. The number of fused-ring (bicyclic) bond motifs is 1. The number of hydrogen-bond acceptors (Lipinski definition) is 3. The predicted molar refractivity (Wildman–Crippen MR) is 66.1 cm³/mol. The summed E-state index contributed by atoms with van der Waals surface area (Å²) in [5, 5.41) is 4.85. The zero-order valence-corrected chi connectivity index (χ0v) is 9.43. The molecule has 0 radical (unpaired) electrons. The average Bonchev–Trinajstić information content (AvgIpc) is 2.86. The molecule has 0 amide bonds. The van der Waals surface area contributed by atoms with E-state index < -0.39 is 0 Å². The molecule has 88 valence electrons. The number of pyridine rings is 1. The maximum atomic E-state index is 12.1. The summed E-state index contributed by atoms with van der Waals surface area (Å²) in [5.74, 6) is 0. The van der Waals surface area contributed by atoms with Crippen LogP contribution in [-0.2, 0) is 0 Å². The number of aromatic nitrogens is 1. The van der Waals surface area contributed by atoms with Crippen LogP contribution in [-0.4, -0.2) is 23.9 Å². The molecule has 0 bridgehead atoms. The Morgan fingerprint density at radius 3 is 3.00 bits per heavy atom. The summed E-state index contributed by atoms with van der Waals surface area (Å²) in [6, 6.07) is 9.45. The highest BCUT2D eigenvalue weighted by molar-refractivity contribution is 5.81. The lowest BCUT2D eigenvalue weighted by Crippen LogP contribution is -2.34. The highest BCUT2D eigenvalue weighted by Crippen LogP contribution is 2.08. The molecule has 0 aliphatic carbocycles. The maximum Gasteiger partial charge on any atom is 0.290 e. The van der Waals surface area contributed by atoms with Crippen LogP contribution < -0.4 is 15.7 Å². The molecule has 4 heteroatoms. The summed E-state index contributed by atoms with van der Waals surface area (Å²) >= 11 is 0. The molecule has 1 aliphatic rings. The van der Waals surface area contributed by atoms with Gasteiger partial charge in [-0.25, -0.2) is 0 Å². The van der Waals surface area contributed by atoms with E-state index in [9.17, 15) is 4.79 Å². The van der Waals surface area contributed by atoms with E-state index >= 15 is 0 Å². The first-order valence-electron chi connectivity index (χ1n) is 5.83. The molecule has 1 atom stereocenters. The summed E-state index contributed by atoms with van der Waals surface area (Å²) in [5.41, 5.74) is -0.0880. The van der Waals surface area contributed by atoms with Crippen molar-refractivity contribution in [3.8, 4) is 0 Å². The highest BCUT2D eigenvalue weighted by atomic mass is 16.7. The molecule has 1 aromatic heterocycles. The van der Waals surface area contributed by atoms with Crippen molar-refractivity contribution < 1.29 is 4.84 Å². The quantitative estimate of drug-likeness (QED) is 0.829. The zero-order valence-electron chi connectivity index (χ0n) is 9.43. The first-order valence-corrected chi connectivity index (χ1v) is 5.83. The number of nitrogens with one attached hydrogen (secondary N) is 1. The largest absolute Gasteiger partial charge is 0.406 e. The third-order valence-electron chi connectivity index (χ3n) is 3.06. The van der Waals surface area contributed by atoms with E-state index in [0.717, 1.165) is 24.9 Å². The molecule has 17 heavy (non-hydrogen) atoms. The van der Waals surface area contributed by atoms with E-state index in [1.165, 1.54) is 4.73 Å². The van der Waals surface area contributed by atoms with E-state index in [2.05, 4.69) is 5.32 Å². The van der Waals surface area contributed by atoms with Gasteiger partial charge < -0.3 is 10.2 Å². The molecule has 1 aromatic carbocycles. The normalized spacial score (nSPS) is 19.6. The minimum absolute atomic E-state index is 0.0880.